The molecule has 0 saturated heterocycles. The van der Waals surface area contributed by atoms with Gasteiger partial charge in [0.05, 0.1) is 17.5 Å². The number of para-hydroxylation sites is 2. The zero-order valence-corrected chi connectivity index (χ0v) is 18.4. The molecule has 8 heteroatoms. The van der Waals surface area contributed by atoms with Crippen molar-refractivity contribution >= 4 is 16.3 Å². The zero-order chi connectivity index (χ0) is 22.8. The summed E-state index contributed by atoms with van der Waals surface area (Å²) in [4.78, 5) is 16.4. The summed E-state index contributed by atoms with van der Waals surface area (Å²) in [7, 11) is 0. The highest BCUT2D eigenvalue weighted by molar-refractivity contribution is 6.01. The van der Waals surface area contributed by atoms with Crippen molar-refractivity contribution in [1.29, 1.82) is 0 Å². The van der Waals surface area contributed by atoms with Crippen LogP contribution in [0.5, 0.6) is 23.1 Å². The van der Waals surface area contributed by atoms with Crippen LogP contribution in [0.4, 0.5) is 0 Å². The monoisotopic (exact) mass is 437 g/mol. The smallest absolute Gasteiger partial charge is 0.280 e. The van der Waals surface area contributed by atoms with Gasteiger partial charge in [0.25, 0.3) is 5.56 Å². The maximum atomic E-state index is 12.5. The molecule has 2 aromatic heterocycles. The van der Waals surface area contributed by atoms with Gasteiger partial charge in [-0.05, 0) is 57.0 Å². The number of aromatic nitrogens is 2. The molecule has 2 aromatic carbocycles. The van der Waals surface area contributed by atoms with Gasteiger partial charge >= 0.3 is 0 Å². The maximum Gasteiger partial charge on any atom is 0.280 e. The number of benzene rings is 2. The van der Waals surface area contributed by atoms with E-state index in [2.05, 4.69) is 10.3 Å². The van der Waals surface area contributed by atoms with Crippen molar-refractivity contribution in [2.45, 2.75) is 33.2 Å². The Bertz CT molecular complexity index is 1300. The van der Waals surface area contributed by atoms with Gasteiger partial charge in [-0.2, -0.15) is 4.98 Å². The normalized spacial score (nSPS) is 12.5. The Balaban J connectivity index is 1.44. The Morgan fingerprint density at radius 3 is 2.53 bits per heavy atom. The van der Waals surface area contributed by atoms with Crippen LogP contribution in [-0.4, -0.2) is 45.4 Å². The van der Waals surface area contributed by atoms with Crippen LogP contribution in [-0.2, 0) is 6.42 Å². The van der Waals surface area contributed by atoms with E-state index in [0.717, 1.165) is 11.3 Å². The Hall–Kier alpha value is -3.52. The molecule has 0 fully saturated rings. The second-order valence-corrected chi connectivity index (χ2v) is 7.80. The minimum atomic E-state index is -0.374. The van der Waals surface area contributed by atoms with E-state index in [-0.39, 0.29) is 23.2 Å². The highest BCUT2D eigenvalue weighted by Crippen LogP contribution is 2.39. The molecule has 1 unspecified atom stereocenters. The van der Waals surface area contributed by atoms with Gasteiger partial charge in [0.1, 0.15) is 12.4 Å². The van der Waals surface area contributed by atoms with E-state index >= 15 is 0 Å². The average Bonchev–Trinajstić information content (AvgIpc) is 3.02. The molecule has 0 bridgehead atoms. The van der Waals surface area contributed by atoms with Crippen LogP contribution in [0.25, 0.3) is 16.3 Å². The van der Waals surface area contributed by atoms with Gasteiger partial charge in [-0.15, -0.1) is 0 Å². The molecule has 0 aliphatic rings. The third-order valence-corrected chi connectivity index (χ3v) is 5.43. The Labute approximate surface area is 185 Å². The number of hydrogen-bond donors (Lipinski definition) is 3. The second-order valence-electron chi connectivity index (χ2n) is 7.80. The third kappa shape index (κ3) is 4.01. The van der Waals surface area contributed by atoms with Gasteiger partial charge in [0.15, 0.2) is 17.2 Å². The molecule has 1 atom stereocenters. The van der Waals surface area contributed by atoms with E-state index < -0.39 is 0 Å². The lowest BCUT2D eigenvalue weighted by atomic mass is 10.0. The van der Waals surface area contributed by atoms with Crippen LogP contribution in [0.3, 0.4) is 0 Å². The fourth-order valence-corrected chi connectivity index (χ4v) is 4.04. The van der Waals surface area contributed by atoms with Crippen LogP contribution < -0.4 is 20.3 Å². The zero-order valence-electron chi connectivity index (χ0n) is 18.4. The highest BCUT2D eigenvalue weighted by atomic mass is 16.5. The van der Waals surface area contributed by atoms with E-state index in [0.29, 0.717) is 54.0 Å². The summed E-state index contributed by atoms with van der Waals surface area (Å²) in [5.41, 5.74) is 0.982. The van der Waals surface area contributed by atoms with Gasteiger partial charge < -0.3 is 25.0 Å². The first-order chi connectivity index (χ1) is 15.4. The Morgan fingerprint density at radius 1 is 1.12 bits per heavy atom. The SMILES string of the molecule is CCOc1ccccc1OCCNC(C)Cc1cc2c(O)c(O)n3c(C)nc(=O)c(c1)c23. The molecule has 0 aliphatic heterocycles. The van der Waals surface area contributed by atoms with Crippen molar-refractivity contribution < 1.29 is 19.7 Å². The number of ether oxygens (including phenoxy) is 2. The molecule has 4 aromatic rings. The van der Waals surface area contributed by atoms with Gasteiger partial charge in [0.2, 0.25) is 5.88 Å². The molecular formula is C24H27N3O5. The maximum absolute atomic E-state index is 12.5. The molecule has 32 heavy (non-hydrogen) atoms. The van der Waals surface area contributed by atoms with Crippen molar-refractivity contribution in [2.75, 3.05) is 19.8 Å². The van der Waals surface area contributed by atoms with Crippen molar-refractivity contribution in [3.8, 4) is 23.1 Å². The van der Waals surface area contributed by atoms with Crippen molar-refractivity contribution in [3.63, 3.8) is 0 Å². The first-order valence-corrected chi connectivity index (χ1v) is 10.7. The topological polar surface area (TPSA) is 105 Å². The predicted molar refractivity (Wildman–Crippen MR) is 122 cm³/mol. The Kier molecular flexibility index (Phi) is 6.05. The largest absolute Gasteiger partial charge is 0.503 e. The molecule has 168 valence electrons. The summed E-state index contributed by atoms with van der Waals surface area (Å²) in [6.45, 7) is 7.27. The summed E-state index contributed by atoms with van der Waals surface area (Å²) in [6.07, 6.45) is 0.625. The lowest BCUT2D eigenvalue weighted by Gasteiger charge is -2.16. The third-order valence-electron chi connectivity index (χ3n) is 5.43. The summed E-state index contributed by atoms with van der Waals surface area (Å²) in [6, 6.07) is 11.3. The average molecular weight is 437 g/mol. The van der Waals surface area contributed by atoms with Crippen LogP contribution in [0.15, 0.2) is 41.2 Å². The molecule has 0 radical (unpaired) electrons. The number of nitrogens with zero attached hydrogens (tertiary/aromatic N) is 2. The molecule has 8 nitrogen and oxygen atoms in total. The first-order valence-electron chi connectivity index (χ1n) is 10.7. The van der Waals surface area contributed by atoms with Crippen molar-refractivity contribution in [2.24, 2.45) is 0 Å². The number of hydrogen-bond acceptors (Lipinski definition) is 7. The number of nitrogens with one attached hydrogen (secondary N) is 1. The van der Waals surface area contributed by atoms with Crippen LogP contribution in [0, 0.1) is 6.92 Å². The number of aryl methyl sites for hydroxylation is 1. The fourth-order valence-electron chi connectivity index (χ4n) is 4.04. The lowest BCUT2D eigenvalue weighted by Crippen LogP contribution is -2.31. The van der Waals surface area contributed by atoms with E-state index in [4.69, 9.17) is 9.47 Å². The fraction of sp³-hybridized carbons (Fsp3) is 0.333. The van der Waals surface area contributed by atoms with E-state index in [9.17, 15) is 15.0 Å². The quantitative estimate of drug-likeness (QED) is 0.346. The van der Waals surface area contributed by atoms with Gasteiger partial charge in [-0.25, -0.2) is 0 Å². The second kappa shape index (κ2) is 8.92. The molecule has 4 rings (SSSR count). The van der Waals surface area contributed by atoms with E-state index in [1.54, 1.807) is 13.0 Å². The molecule has 3 N–H and O–H groups in total. The number of rotatable bonds is 9. The van der Waals surface area contributed by atoms with Crippen molar-refractivity contribution in [1.82, 2.24) is 14.7 Å². The molecule has 0 saturated carbocycles. The summed E-state index contributed by atoms with van der Waals surface area (Å²) in [5.74, 6) is 1.22. The number of aromatic hydroxyl groups is 2. The molecule has 0 amide bonds. The van der Waals surface area contributed by atoms with Gasteiger partial charge in [0, 0.05) is 18.0 Å². The summed E-state index contributed by atoms with van der Waals surface area (Å²) < 4.78 is 12.8. The van der Waals surface area contributed by atoms with E-state index in [1.807, 2.05) is 44.2 Å². The minimum Gasteiger partial charge on any atom is -0.503 e. The highest BCUT2D eigenvalue weighted by Gasteiger charge is 2.21. The van der Waals surface area contributed by atoms with Crippen molar-refractivity contribution in [3.05, 3.63) is 58.1 Å². The van der Waals surface area contributed by atoms with Crippen LogP contribution in [0.2, 0.25) is 0 Å². The van der Waals surface area contributed by atoms with Gasteiger partial charge in [-0.1, -0.05) is 12.1 Å². The van der Waals surface area contributed by atoms with E-state index in [1.165, 1.54) is 4.40 Å². The predicted octanol–water partition coefficient (Wildman–Crippen LogP) is 3.00. The first kappa shape index (κ1) is 21.7. The molecular weight excluding hydrogens is 410 g/mol. The van der Waals surface area contributed by atoms with Crippen LogP contribution >= 0.6 is 0 Å². The summed E-state index contributed by atoms with van der Waals surface area (Å²) in [5, 5.41) is 24.9. The Morgan fingerprint density at radius 2 is 1.81 bits per heavy atom. The molecule has 0 spiro atoms. The minimum absolute atomic E-state index is 0.0899. The standard InChI is InChI=1S/C24H27N3O5/c1-4-31-19-7-5-6-8-20(19)32-10-9-25-14(2)11-16-12-17-21-18(13-16)23(29)26-15(3)27(21)24(30)22(17)28/h5-8,12-14,25,28,30H,4,9-11H2,1-3H3. The van der Waals surface area contributed by atoms with Gasteiger partial charge in [-0.3, -0.25) is 9.20 Å². The van der Waals surface area contributed by atoms with Crippen LogP contribution in [0.1, 0.15) is 25.2 Å². The molecule has 2 heterocycles. The lowest BCUT2D eigenvalue weighted by molar-refractivity contribution is 0.272. The molecule has 0 aliphatic carbocycles. The summed E-state index contributed by atoms with van der Waals surface area (Å²) >= 11 is 0.